The Balaban J connectivity index is 2.21. The predicted octanol–water partition coefficient (Wildman–Crippen LogP) is 4.03. The monoisotopic (exact) mass is 281 g/mol. The summed E-state index contributed by atoms with van der Waals surface area (Å²) >= 11 is 5.85. The molecule has 0 aromatic heterocycles. The molecule has 1 fully saturated rings. The third-order valence-electron chi connectivity index (χ3n) is 4.31. The molecular weight excluding hydrogens is 262 g/mol. The molecule has 2 N–H and O–H groups in total. The van der Waals surface area contributed by atoms with Crippen LogP contribution in [0.1, 0.15) is 33.1 Å². The Morgan fingerprint density at radius 1 is 1.32 bits per heavy atom. The van der Waals surface area contributed by atoms with E-state index in [9.17, 15) is 9.90 Å². The van der Waals surface area contributed by atoms with Gasteiger partial charge in [0.05, 0.1) is 0 Å². The van der Waals surface area contributed by atoms with Crippen molar-refractivity contribution in [1.82, 2.24) is 0 Å². The van der Waals surface area contributed by atoms with Crippen LogP contribution < -0.4 is 5.32 Å². The van der Waals surface area contributed by atoms with Gasteiger partial charge in [-0.3, -0.25) is 0 Å². The summed E-state index contributed by atoms with van der Waals surface area (Å²) in [6, 6.07) is 7.20. The van der Waals surface area contributed by atoms with Gasteiger partial charge in [0.15, 0.2) is 0 Å². The molecule has 1 aliphatic rings. The molecule has 0 saturated heterocycles. The van der Waals surface area contributed by atoms with Gasteiger partial charge >= 0.3 is 5.97 Å². The SMILES string of the molecule is CC1CCC(Nc2ccc(Cl)cc2)(C(=O)O)CC1C. The van der Waals surface area contributed by atoms with Crippen molar-refractivity contribution in [2.45, 2.75) is 38.6 Å². The molecule has 0 aliphatic heterocycles. The molecule has 3 nitrogen and oxygen atoms in total. The van der Waals surface area contributed by atoms with Crippen molar-refractivity contribution in [1.29, 1.82) is 0 Å². The highest BCUT2D eigenvalue weighted by Crippen LogP contribution is 2.38. The zero-order valence-corrected chi connectivity index (χ0v) is 12.1. The van der Waals surface area contributed by atoms with Gasteiger partial charge in [-0.15, -0.1) is 0 Å². The second-order valence-corrected chi connectivity index (χ2v) is 6.15. The molecule has 0 amide bonds. The van der Waals surface area contributed by atoms with Crippen LogP contribution in [0.5, 0.6) is 0 Å². The van der Waals surface area contributed by atoms with E-state index in [1.807, 2.05) is 12.1 Å². The number of carbonyl (C=O) groups is 1. The maximum Gasteiger partial charge on any atom is 0.329 e. The average Bonchev–Trinajstić information content (AvgIpc) is 2.37. The molecule has 1 saturated carbocycles. The number of carboxylic acid groups (broad SMARTS) is 1. The van der Waals surface area contributed by atoms with Gasteiger partial charge in [-0.1, -0.05) is 25.4 Å². The molecule has 19 heavy (non-hydrogen) atoms. The van der Waals surface area contributed by atoms with Gasteiger partial charge in [0, 0.05) is 10.7 Å². The van der Waals surface area contributed by atoms with E-state index in [0.717, 1.165) is 12.1 Å². The summed E-state index contributed by atoms with van der Waals surface area (Å²) in [4.78, 5) is 11.7. The van der Waals surface area contributed by atoms with Gasteiger partial charge in [0.1, 0.15) is 5.54 Å². The van der Waals surface area contributed by atoms with Crippen molar-refractivity contribution in [2.24, 2.45) is 11.8 Å². The molecule has 2 rings (SSSR count). The molecule has 3 unspecified atom stereocenters. The standard InChI is InChI=1S/C15H20ClNO2/c1-10-7-8-15(14(18)19,9-11(10)2)17-13-5-3-12(16)4-6-13/h3-6,10-11,17H,7-9H2,1-2H3,(H,18,19). The van der Waals surface area contributed by atoms with Gasteiger partial charge in [0.2, 0.25) is 0 Å². The lowest BCUT2D eigenvalue weighted by Gasteiger charge is -2.40. The number of halogens is 1. The Hall–Kier alpha value is -1.22. The van der Waals surface area contributed by atoms with Crippen molar-refractivity contribution >= 4 is 23.3 Å². The number of benzene rings is 1. The Kier molecular flexibility index (Phi) is 4.04. The van der Waals surface area contributed by atoms with E-state index in [4.69, 9.17) is 11.6 Å². The summed E-state index contributed by atoms with van der Waals surface area (Å²) in [6.07, 6.45) is 2.26. The molecule has 4 heteroatoms. The second-order valence-electron chi connectivity index (χ2n) is 5.72. The first-order valence-corrected chi connectivity index (χ1v) is 7.08. The first-order chi connectivity index (χ1) is 8.93. The van der Waals surface area contributed by atoms with E-state index in [-0.39, 0.29) is 0 Å². The fraction of sp³-hybridized carbons (Fsp3) is 0.533. The van der Waals surface area contributed by atoms with E-state index in [2.05, 4.69) is 19.2 Å². The highest BCUT2D eigenvalue weighted by Gasteiger charge is 2.43. The first kappa shape index (κ1) is 14.2. The average molecular weight is 282 g/mol. The van der Waals surface area contributed by atoms with Crippen LogP contribution in [0.2, 0.25) is 5.02 Å². The van der Waals surface area contributed by atoms with E-state index >= 15 is 0 Å². The highest BCUT2D eigenvalue weighted by molar-refractivity contribution is 6.30. The molecule has 3 atom stereocenters. The Labute approximate surface area is 119 Å². The second kappa shape index (κ2) is 5.41. The van der Waals surface area contributed by atoms with Gasteiger partial charge in [-0.25, -0.2) is 4.79 Å². The van der Waals surface area contributed by atoms with E-state index < -0.39 is 11.5 Å². The van der Waals surface area contributed by atoms with Crippen LogP contribution >= 0.6 is 11.6 Å². The molecule has 1 aliphatic carbocycles. The number of nitrogens with one attached hydrogen (secondary N) is 1. The third kappa shape index (κ3) is 3.03. The molecule has 1 aromatic carbocycles. The van der Waals surface area contributed by atoms with E-state index in [1.54, 1.807) is 12.1 Å². The summed E-state index contributed by atoms with van der Waals surface area (Å²) in [5, 5.41) is 13.5. The minimum absolute atomic E-state index is 0.407. The van der Waals surface area contributed by atoms with Crippen LogP contribution in [0.4, 0.5) is 5.69 Å². The Morgan fingerprint density at radius 3 is 2.47 bits per heavy atom. The molecule has 0 radical (unpaired) electrons. The molecule has 0 bridgehead atoms. The van der Waals surface area contributed by atoms with Gasteiger partial charge in [-0.2, -0.15) is 0 Å². The van der Waals surface area contributed by atoms with Crippen LogP contribution in [0.15, 0.2) is 24.3 Å². The quantitative estimate of drug-likeness (QED) is 0.879. The summed E-state index contributed by atoms with van der Waals surface area (Å²) < 4.78 is 0. The van der Waals surface area contributed by atoms with Crippen molar-refractivity contribution < 1.29 is 9.90 Å². The van der Waals surface area contributed by atoms with Crippen LogP contribution in [0.3, 0.4) is 0 Å². The number of hydrogen-bond acceptors (Lipinski definition) is 2. The van der Waals surface area contributed by atoms with Crippen molar-refractivity contribution in [3.8, 4) is 0 Å². The Morgan fingerprint density at radius 2 is 1.95 bits per heavy atom. The zero-order valence-electron chi connectivity index (χ0n) is 11.3. The lowest BCUT2D eigenvalue weighted by atomic mass is 9.71. The number of rotatable bonds is 3. The number of hydrogen-bond donors (Lipinski definition) is 2. The first-order valence-electron chi connectivity index (χ1n) is 6.70. The number of aliphatic carboxylic acids is 1. The minimum Gasteiger partial charge on any atom is -0.480 e. The van der Waals surface area contributed by atoms with Crippen LogP contribution in [-0.4, -0.2) is 16.6 Å². The smallest absolute Gasteiger partial charge is 0.329 e. The Bertz CT molecular complexity index is 460. The van der Waals surface area contributed by atoms with Crippen LogP contribution in [0, 0.1) is 11.8 Å². The van der Waals surface area contributed by atoms with Gasteiger partial charge in [-0.05, 0) is 55.4 Å². The lowest BCUT2D eigenvalue weighted by Crippen LogP contribution is -2.51. The molecular formula is C15H20ClNO2. The van der Waals surface area contributed by atoms with E-state index in [0.29, 0.717) is 29.7 Å². The van der Waals surface area contributed by atoms with Gasteiger partial charge in [0.25, 0.3) is 0 Å². The maximum absolute atomic E-state index is 11.7. The number of anilines is 1. The fourth-order valence-electron chi connectivity index (χ4n) is 2.78. The summed E-state index contributed by atoms with van der Waals surface area (Å²) in [6.45, 7) is 4.32. The molecule has 1 aromatic rings. The fourth-order valence-corrected chi connectivity index (χ4v) is 2.91. The highest BCUT2D eigenvalue weighted by atomic mass is 35.5. The van der Waals surface area contributed by atoms with Crippen molar-refractivity contribution in [3.05, 3.63) is 29.3 Å². The molecule has 0 heterocycles. The van der Waals surface area contributed by atoms with Crippen LogP contribution in [-0.2, 0) is 4.79 Å². The van der Waals surface area contributed by atoms with Crippen LogP contribution in [0.25, 0.3) is 0 Å². The lowest BCUT2D eigenvalue weighted by molar-refractivity contribution is -0.144. The summed E-state index contributed by atoms with van der Waals surface area (Å²) in [5.41, 5.74) is -0.0340. The maximum atomic E-state index is 11.7. The van der Waals surface area contributed by atoms with E-state index in [1.165, 1.54) is 0 Å². The summed E-state index contributed by atoms with van der Waals surface area (Å²) in [5.74, 6) is 0.227. The normalized spacial score (nSPS) is 30.9. The largest absolute Gasteiger partial charge is 0.480 e. The van der Waals surface area contributed by atoms with Gasteiger partial charge < -0.3 is 10.4 Å². The zero-order chi connectivity index (χ0) is 14.0. The molecule has 104 valence electrons. The topological polar surface area (TPSA) is 49.3 Å². The minimum atomic E-state index is -0.847. The van der Waals surface area contributed by atoms with Crippen molar-refractivity contribution in [2.75, 3.05) is 5.32 Å². The third-order valence-corrected chi connectivity index (χ3v) is 4.56. The predicted molar refractivity (Wildman–Crippen MR) is 77.6 cm³/mol. The molecule has 0 spiro atoms. The number of carboxylic acids is 1. The summed E-state index contributed by atoms with van der Waals surface area (Å²) in [7, 11) is 0. The van der Waals surface area contributed by atoms with Crippen molar-refractivity contribution in [3.63, 3.8) is 0 Å².